The van der Waals surface area contributed by atoms with E-state index in [1.165, 1.54) is 19.1 Å². The van der Waals surface area contributed by atoms with Crippen LogP contribution in [-0.2, 0) is 42.8 Å². The number of nitrogens with zero attached hydrogens (tertiary/aromatic N) is 3. The number of Topliss-reactive ketones (excluding diaryl/α,β-unsaturated/α-hetero) is 1. The highest BCUT2D eigenvalue weighted by molar-refractivity contribution is 6.19. The SMILES string of the molecule is CCOC(=O)C1N=NC(C(=O)OCC)([C@H]2O[C@H](COC(=O)c3ccc([N+](=O)[O-])cc3)[C@H]3OC(C)(C)O[C@H]32)C1=O. The van der Waals surface area contributed by atoms with Crippen LogP contribution in [-0.4, -0.2) is 90.2 Å². The highest BCUT2D eigenvalue weighted by atomic mass is 16.8. The van der Waals surface area contributed by atoms with Crippen LogP contribution in [0.15, 0.2) is 34.5 Å². The minimum atomic E-state index is -2.39. The molecule has 0 aromatic heterocycles. The Morgan fingerprint density at radius 1 is 1.03 bits per heavy atom. The zero-order valence-electron chi connectivity index (χ0n) is 21.6. The average molecular weight is 549 g/mol. The number of ether oxygens (including phenoxy) is 6. The van der Waals surface area contributed by atoms with Crippen LogP contribution in [0, 0.1) is 10.1 Å². The van der Waals surface area contributed by atoms with Crippen molar-refractivity contribution in [1.29, 1.82) is 0 Å². The zero-order valence-corrected chi connectivity index (χ0v) is 21.6. The Morgan fingerprint density at radius 2 is 1.67 bits per heavy atom. The monoisotopic (exact) mass is 549 g/mol. The van der Waals surface area contributed by atoms with E-state index in [1.54, 1.807) is 20.8 Å². The van der Waals surface area contributed by atoms with Crippen LogP contribution in [0.1, 0.15) is 38.1 Å². The van der Waals surface area contributed by atoms with Crippen molar-refractivity contribution in [2.45, 2.75) is 69.5 Å². The van der Waals surface area contributed by atoms with E-state index in [-0.39, 0.29) is 24.5 Å². The van der Waals surface area contributed by atoms with Gasteiger partial charge in [-0.3, -0.25) is 14.9 Å². The number of ketones is 1. The van der Waals surface area contributed by atoms with Gasteiger partial charge in [-0.05, 0) is 39.8 Å². The minimum absolute atomic E-state index is 0.0253. The van der Waals surface area contributed by atoms with E-state index in [0.29, 0.717) is 0 Å². The minimum Gasteiger partial charge on any atom is -0.464 e. The van der Waals surface area contributed by atoms with Crippen LogP contribution < -0.4 is 0 Å². The molecule has 0 radical (unpaired) electrons. The van der Waals surface area contributed by atoms with Crippen LogP contribution in [0.5, 0.6) is 0 Å². The van der Waals surface area contributed by atoms with Gasteiger partial charge < -0.3 is 28.4 Å². The number of carbonyl (C=O) groups is 4. The molecule has 2 saturated heterocycles. The molecular formula is C24H27N3O12. The average Bonchev–Trinajstić information content (AvgIpc) is 3.51. The van der Waals surface area contributed by atoms with Gasteiger partial charge in [0.1, 0.15) is 31.0 Å². The smallest absolute Gasteiger partial charge is 0.346 e. The first-order valence-electron chi connectivity index (χ1n) is 12.2. The molecule has 15 nitrogen and oxygen atoms in total. The standard InChI is InChI=1S/C24H27N3O12/c1-5-34-21(30)15-18(28)24(26-25-15,22(31)35-6-2)19-17-16(38-23(3,4)39-17)14(37-19)11-36-20(29)12-7-9-13(10-8-12)27(32)33/h7-10,14-17,19H,5-6,11H2,1-4H3/t14-,15?,16-,17-,19+,24?/m1/s1. The summed E-state index contributed by atoms with van der Waals surface area (Å²) in [6.45, 7) is 5.78. The summed E-state index contributed by atoms with van der Waals surface area (Å²) in [5.41, 5.74) is -2.54. The molecule has 4 rings (SSSR count). The summed E-state index contributed by atoms with van der Waals surface area (Å²) < 4.78 is 33.4. The van der Waals surface area contributed by atoms with Crippen LogP contribution in [0.4, 0.5) is 5.69 Å². The summed E-state index contributed by atoms with van der Waals surface area (Å²) in [5.74, 6) is -5.05. The summed E-state index contributed by atoms with van der Waals surface area (Å²) in [6.07, 6.45) is -4.44. The lowest BCUT2D eigenvalue weighted by molar-refractivity contribution is -0.384. The summed E-state index contributed by atoms with van der Waals surface area (Å²) in [5, 5.41) is 18.5. The maximum atomic E-state index is 13.5. The lowest BCUT2D eigenvalue weighted by Crippen LogP contribution is -2.60. The first-order chi connectivity index (χ1) is 18.4. The Bertz CT molecular complexity index is 1200. The molecule has 0 aliphatic carbocycles. The second-order valence-electron chi connectivity index (χ2n) is 9.28. The molecule has 0 N–H and O–H groups in total. The molecule has 0 saturated carbocycles. The molecule has 6 atom stereocenters. The van der Waals surface area contributed by atoms with E-state index >= 15 is 0 Å². The summed E-state index contributed by atoms with van der Waals surface area (Å²) in [4.78, 5) is 62.0. The van der Waals surface area contributed by atoms with Crippen LogP contribution in [0.3, 0.4) is 0 Å². The molecule has 0 bridgehead atoms. The Labute approximate surface area is 221 Å². The van der Waals surface area contributed by atoms with Gasteiger partial charge in [0, 0.05) is 12.1 Å². The van der Waals surface area contributed by atoms with E-state index < -0.39 is 77.0 Å². The second-order valence-corrected chi connectivity index (χ2v) is 9.28. The number of rotatable bonds is 9. The van der Waals surface area contributed by atoms with Crippen molar-refractivity contribution in [1.82, 2.24) is 0 Å². The Hall–Kier alpha value is -3.82. The molecule has 3 aliphatic heterocycles. The molecule has 2 unspecified atom stereocenters. The normalized spacial score (nSPS) is 30.6. The molecule has 15 heteroatoms. The van der Waals surface area contributed by atoms with Crippen molar-refractivity contribution in [2.75, 3.05) is 19.8 Å². The number of fused-ring (bicyclic) bond motifs is 1. The Kier molecular flexibility index (Phi) is 7.77. The number of carbonyl (C=O) groups excluding carboxylic acids is 4. The molecule has 39 heavy (non-hydrogen) atoms. The van der Waals surface area contributed by atoms with Crippen molar-refractivity contribution < 1.29 is 52.5 Å². The molecule has 0 amide bonds. The number of esters is 3. The number of hydrogen-bond acceptors (Lipinski definition) is 14. The molecule has 3 heterocycles. The fourth-order valence-electron chi connectivity index (χ4n) is 4.64. The van der Waals surface area contributed by atoms with Gasteiger partial charge in [-0.2, -0.15) is 10.2 Å². The van der Waals surface area contributed by atoms with Gasteiger partial charge in [0.15, 0.2) is 5.79 Å². The fraction of sp³-hybridized carbons (Fsp3) is 0.583. The van der Waals surface area contributed by atoms with E-state index in [9.17, 15) is 29.3 Å². The molecule has 0 spiro atoms. The third-order valence-corrected chi connectivity index (χ3v) is 6.31. The number of hydrogen-bond donors (Lipinski definition) is 0. The predicted octanol–water partition coefficient (Wildman–Crippen LogP) is 1.31. The van der Waals surface area contributed by atoms with Gasteiger partial charge in [0.05, 0.1) is 23.7 Å². The van der Waals surface area contributed by atoms with E-state index in [1.807, 2.05) is 0 Å². The predicted molar refractivity (Wildman–Crippen MR) is 126 cm³/mol. The van der Waals surface area contributed by atoms with E-state index in [2.05, 4.69) is 10.2 Å². The van der Waals surface area contributed by atoms with E-state index in [0.717, 1.165) is 12.1 Å². The van der Waals surface area contributed by atoms with Gasteiger partial charge in [-0.1, -0.05) is 0 Å². The van der Waals surface area contributed by atoms with Crippen LogP contribution in [0.25, 0.3) is 0 Å². The maximum Gasteiger partial charge on any atom is 0.346 e. The number of nitro groups is 1. The second kappa shape index (κ2) is 10.7. The van der Waals surface area contributed by atoms with Crippen molar-refractivity contribution in [3.8, 4) is 0 Å². The van der Waals surface area contributed by atoms with Crippen molar-refractivity contribution in [3.05, 3.63) is 39.9 Å². The largest absolute Gasteiger partial charge is 0.464 e. The first-order valence-corrected chi connectivity index (χ1v) is 12.2. The van der Waals surface area contributed by atoms with Crippen molar-refractivity contribution >= 4 is 29.4 Å². The molecule has 1 aromatic rings. The third-order valence-electron chi connectivity index (χ3n) is 6.31. The number of non-ortho nitro benzene ring substituents is 1. The highest BCUT2D eigenvalue weighted by Crippen LogP contribution is 2.46. The van der Waals surface area contributed by atoms with Gasteiger partial charge in [-0.25, -0.2) is 14.4 Å². The van der Waals surface area contributed by atoms with Crippen LogP contribution in [0.2, 0.25) is 0 Å². The Balaban J connectivity index is 1.59. The third kappa shape index (κ3) is 5.12. The molecule has 210 valence electrons. The molecular weight excluding hydrogens is 522 g/mol. The quantitative estimate of drug-likeness (QED) is 0.141. The van der Waals surface area contributed by atoms with Gasteiger partial charge in [0.2, 0.25) is 11.8 Å². The first kappa shape index (κ1) is 28.2. The highest BCUT2D eigenvalue weighted by Gasteiger charge is 2.70. The molecule has 2 fully saturated rings. The summed E-state index contributed by atoms with van der Waals surface area (Å²) in [6, 6.07) is 3.09. The topological polar surface area (TPSA) is 192 Å². The lowest BCUT2D eigenvalue weighted by Gasteiger charge is -2.31. The number of azo groups is 1. The van der Waals surface area contributed by atoms with Gasteiger partial charge in [-0.15, -0.1) is 0 Å². The lowest BCUT2D eigenvalue weighted by atomic mass is 9.83. The summed E-state index contributed by atoms with van der Waals surface area (Å²) in [7, 11) is 0. The summed E-state index contributed by atoms with van der Waals surface area (Å²) >= 11 is 0. The van der Waals surface area contributed by atoms with Crippen LogP contribution >= 0.6 is 0 Å². The Morgan fingerprint density at radius 3 is 2.28 bits per heavy atom. The molecule has 3 aliphatic rings. The van der Waals surface area contributed by atoms with Gasteiger partial charge in [0.25, 0.3) is 11.2 Å². The maximum absolute atomic E-state index is 13.5. The number of benzene rings is 1. The van der Waals surface area contributed by atoms with Crippen molar-refractivity contribution in [3.63, 3.8) is 0 Å². The molecule has 1 aromatic carbocycles. The van der Waals surface area contributed by atoms with Crippen molar-refractivity contribution in [2.24, 2.45) is 10.2 Å². The zero-order chi connectivity index (χ0) is 28.5. The number of nitro benzene ring substituents is 1. The fourth-order valence-corrected chi connectivity index (χ4v) is 4.64. The van der Waals surface area contributed by atoms with Gasteiger partial charge >= 0.3 is 17.9 Å². The van der Waals surface area contributed by atoms with E-state index in [4.69, 9.17) is 28.4 Å².